The summed E-state index contributed by atoms with van der Waals surface area (Å²) in [4.78, 5) is 22.8. The first-order valence-electron chi connectivity index (χ1n) is 6.52. The van der Waals surface area contributed by atoms with Crippen molar-refractivity contribution in [1.82, 2.24) is 10.6 Å². The first kappa shape index (κ1) is 16.5. The van der Waals surface area contributed by atoms with Crippen LogP contribution in [0.4, 0.5) is 0 Å². The van der Waals surface area contributed by atoms with Crippen molar-refractivity contribution in [2.24, 2.45) is 11.7 Å². The molecule has 1 aliphatic rings. The first-order chi connectivity index (χ1) is 9.20. The maximum Gasteiger partial charge on any atom is 0.239 e. The summed E-state index contributed by atoms with van der Waals surface area (Å²) in [7, 11) is 0. The molecule has 1 atom stereocenters. The highest BCUT2D eigenvalue weighted by molar-refractivity contribution is 5.86. The van der Waals surface area contributed by atoms with Crippen LogP contribution >= 0.6 is 12.4 Å². The van der Waals surface area contributed by atoms with Gasteiger partial charge in [-0.25, -0.2) is 0 Å². The number of nitrogens with one attached hydrogen (secondary N) is 2. The van der Waals surface area contributed by atoms with Crippen LogP contribution in [0.15, 0.2) is 30.3 Å². The van der Waals surface area contributed by atoms with E-state index in [1.165, 1.54) is 0 Å². The maximum absolute atomic E-state index is 11.8. The maximum atomic E-state index is 11.8. The van der Waals surface area contributed by atoms with Gasteiger partial charge >= 0.3 is 0 Å². The second kappa shape index (κ2) is 7.87. The highest BCUT2D eigenvalue weighted by atomic mass is 35.5. The van der Waals surface area contributed by atoms with Crippen molar-refractivity contribution in [2.45, 2.75) is 18.9 Å². The molecule has 2 rings (SSSR count). The van der Waals surface area contributed by atoms with Crippen LogP contribution in [0.1, 0.15) is 24.4 Å². The van der Waals surface area contributed by atoms with Gasteiger partial charge in [-0.15, -0.1) is 12.4 Å². The molecule has 1 fully saturated rings. The topological polar surface area (TPSA) is 84.2 Å². The lowest BCUT2D eigenvalue weighted by molar-refractivity contribution is -0.125. The van der Waals surface area contributed by atoms with Crippen LogP contribution in [0.3, 0.4) is 0 Å². The molecule has 0 radical (unpaired) electrons. The third-order valence-corrected chi connectivity index (χ3v) is 3.20. The molecule has 1 aromatic rings. The SMILES string of the molecule is Cl.NCC(=O)NCC(=O)NC(c1ccccc1)C1CC1. The minimum Gasteiger partial charge on any atom is -0.347 e. The van der Waals surface area contributed by atoms with Gasteiger partial charge in [-0.3, -0.25) is 9.59 Å². The average Bonchev–Trinajstić information content (AvgIpc) is 3.27. The normalized spacial score (nSPS) is 14.8. The Morgan fingerprint density at radius 1 is 1.20 bits per heavy atom. The van der Waals surface area contributed by atoms with Crippen LogP contribution in [0.5, 0.6) is 0 Å². The van der Waals surface area contributed by atoms with E-state index in [1.54, 1.807) is 0 Å². The molecule has 4 N–H and O–H groups in total. The number of rotatable bonds is 6. The zero-order valence-electron chi connectivity index (χ0n) is 11.2. The fourth-order valence-electron chi connectivity index (χ4n) is 2.04. The lowest BCUT2D eigenvalue weighted by atomic mass is 10.0. The monoisotopic (exact) mass is 297 g/mol. The van der Waals surface area contributed by atoms with Crippen molar-refractivity contribution in [3.05, 3.63) is 35.9 Å². The smallest absolute Gasteiger partial charge is 0.239 e. The summed E-state index contributed by atoms with van der Waals surface area (Å²) in [5.74, 6) is 0.0111. The van der Waals surface area contributed by atoms with Crippen LogP contribution in [-0.2, 0) is 9.59 Å². The van der Waals surface area contributed by atoms with E-state index in [9.17, 15) is 9.59 Å². The van der Waals surface area contributed by atoms with Gasteiger partial charge in [0.1, 0.15) is 0 Å². The van der Waals surface area contributed by atoms with Gasteiger partial charge in [0.05, 0.1) is 19.1 Å². The molecular formula is C14H20ClN3O2. The molecule has 0 aromatic heterocycles. The Bertz CT molecular complexity index is 449. The fraction of sp³-hybridized carbons (Fsp3) is 0.429. The third kappa shape index (κ3) is 4.83. The number of benzene rings is 1. The fourth-order valence-corrected chi connectivity index (χ4v) is 2.04. The van der Waals surface area contributed by atoms with E-state index in [4.69, 9.17) is 5.73 Å². The van der Waals surface area contributed by atoms with Crippen molar-refractivity contribution >= 4 is 24.2 Å². The van der Waals surface area contributed by atoms with E-state index in [0.717, 1.165) is 18.4 Å². The quantitative estimate of drug-likeness (QED) is 0.724. The van der Waals surface area contributed by atoms with Crippen molar-refractivity contribution < 1.29 is 9.59 Å². The molecule has 0 heterocycles. The molecule has 2 amide bonds. The van der Waals surface area contributed by atoms with Crippen LogP contribution in [0, 0.1) is 5.92 Å². The van der Waals surface area contributed by atoms with Crippen LogP contribution < -0.4 is 16.4 Å². The predicted octanol–water partition coefficient (Wildman–Crippen LogP) is 0.751. The van der Waals surface area contributed by atoms with Crippen LogP contribution in [-0.4, -0.2) is 24.9 Å². The number of hydrogen-bond acceptors (Lipinski definition) is 3. The molecule has 1 unspecified atom stereocenters. The summed E-state index contributed by atoms with van der Waals surface area (Å²) in [6.45, 7) is -0.121. The van der Waals surface area contributed by atoms with Gasteiger partial charge < -0.3 is 16.4 Å². The Morgan fingerprint density at radius 2 is 1.85 bits per heavy atom. The second-order valence-corrected chi connectivity index (χ2v) is 4.77. The molecule has 0 saturated heterocycles. The third-order valence-electron chi connectivity index (χ3n) is 3.20. The number of nitrogens with two attached hydrogens (primary N) is 1. The van der Waals surface area contributed by atoms with Gasteiger partial charge in [-0.05, 0) is 24.3 Å². The second-order valence-electron chi connectivity index (χ2n) is 4.77. The van der Waals surface area contributed by atoms with E-state index in [0.29, 0.717) is 5.92 Å². The van der Waals surface area contributed by atoms with Crippen LogP contribution in [0.25, 0.3) is 0 Å². The van der Waals surface area contributed by atoms with E-state index in [-0.39, 0.29) is 43.4 Å². The zero-order valence-corrected chi connectivity index (χ0v) is 12.0. The van der Waals surface area contributed by atoms with Gasteiger partial charge in [0.15, 0.2) is 0 Å². The summed E-state index contributed by atoms with van der Waals surface area (Å²) in [5, 5.41) is 5.45. The summed E-state index contributed by atoms with van der Waals surface area (Å²) in [6, 6.07) is 9.96. The van der Waals surface area contributed by atoms with Crippen molar-refractivity contribution in [1.29, 1.82) is 0 Å². The van der Waals surface area contributed by atoms with Crippen LogP contribution in [0.2, 0.25) is 0 Å². The number of halogens is 1. The zero-order chi connectivity index (χ0) is 13.7. The molecule has 1 saturated carbocycles. The van der Waals surface area contributed by atoms with Crippen molar-refractivity contribution in [3.63, 3.8) is 0 Å². The summed E-state index contributed by atoms with van der Waals surface area (Å²) in [6.07, 6.45) is 2.27. The number of hydrogen-bond donors (Lipinski definition) is 3. The molecule has 0 bridgehead atoms. The molecule has 110 valence electrons. The minimum atomic E-state index is -0.321. The predicted molar refractivity (Wildman–Crippen MR) is 79.4 cm³/mol. The van der Waals surface area contributed by atoms with Gasteiger partial charge in [0.2, 0.25) is 11.8 Å². The summed E-state index contributed by atoms with van der Waals surface area (Å²) in [5.41, 5.74) is 6.28. The molecule has 20 heavy (non-hydrogen) atoms. The van der Waals surface area contributed by atoms with Crippen molar-refractivity contribution in [3.8, 4) is 0 Å². The lowest BCUT2D eigenvalue weighted by Crippen LogP contribution is -2.41. The minimum absolute atomic E-state index is 0. The molecule has 0 spiro atoms. The molecule has 0 aliphatic heterocycles. The Hall–Kier alpha value is -1.59. The van der Waals surface area contributed by atoms with Gasteiger partial charge in [0.25, 0.3) is 0 Å². The van der Waals surface area contributed by atoms with Gasteiger partial charge in [0, 0.05) is 0 Å². The van der Waals surface area contributed by atoms with E-state index >= 15 is 0 Å². The average molecular weight is 298 g/mol. The Balaban J connectivity index is 0.00000200. The van der Waals surface area contributed by atoms with E-state index in [1.807, 2.05) is 30.3 Å². The van der Waals surface area contributed by atoms with Gasteiger partial charge in [-0.2, -0.15) is 0 Å². The summed E-state index contributed by atoms with van der Waals surface area (Å²) >= 11 is 0. The molecule has 5 nitrogen and oxygen atoms in total. The number of amides is 2. The highest BCUT2D eigenvalue weighted by Gasteiger charge is 2.33. The first-order valence-corrected chi connectivity index (χ1v) is 6.52. The number of carbonyl (C=O) groups is 2. The molecular weight excluding hydrogens is 278 g/mol. The largest absolute Gasteiger partial charge is 0.347 e. The van der Waals surface area contributed by atoms with E-state index in [2.05, 4.69) is 10.6 Å². The lowest BCUT2D eigenvalue weighted by Gasteiger charge is -2.19. The highest BCUT2D eigenvalue weighted by Crippen LogP contribution is 2.40. The Labute approximate surface area is 124 Å². The summed E-state index contributed by atoms with van der Waals surface area (Å²) < 4.78 is 0. The standard InChI is InChI=1S/C14H19N3O2.ClH/c15-8-12(18)16-9-13(19)17-14(11-6-7-11)10-4-2-1-3-5-10;/h1-5,11,14H,6-9,15H2,(H,16,18)(H,17,19);1H. The Morgan fingerprint density at radius 3 is 2.40 bits per heavy atom. The number of carbonyl (C=O) groups excluding carboxylic acids is 2. The molecule has 1 aliphatic carbocycles. The molecule has 6 heteroatoms. The Kier molecular flexibility index (Phi) is 6.48. The van der Waals surface area contributed by atoms with Gasteiger partial charge in [-0.1, -0.05) is 30.3 Å². The van der Waals surface area contributed by atoms with Crippen molar-refractivity contribution in [2.75, 3.05) is 13.1 Å². The molecule has 1 aromatic carbocycles. The van der Waals surface area contributed by atoms with E-state index < -0.39 is 0 Å².